The number of hydrogen-bond acceptors (Lipinski definition) is 3. The Morgan fingerprint density at radius 2 is 1.80 bits per heavy atom. The summed E-state index contributed by atoms with van der Waals surface area (Å²) in [5.74, 6) is 0. The first-order valence-electron chi connectivity index (χ1n) is 9.36. The van der Waals surface area contributed by atoms with Gasteiger partial charge in [0.2, 0.25) is 0 Å². The molecule has 0 radical (unpaired) electrons. The third kappa shape index (κ3) is 3.50. The number of benzene rings is 2. The van der Waals surface area contributed by atoms with Gasteiger partial charge in [0, 0.05) is 23.3 Å². The van der Waals surface area contributed by atoms with Crippen LogP contribution in [0.1, 0.15) is 5.56 Å². The second-order valence-electron chi connectivity index (χ2n) is 7.22. The molecule has 5 nitrogen and oxygen atoms in total. The van der Waals surface area contributed by atoms with Crippen molar-refractivity contribution in [3.8, 4) is 16.8 Å². The van der Waals surface area contributed by atoms with Crippen LogP contribution in [0.4, 0.5) is 13.2 Å². The van der Waals surface area contributed by atoms with Crippen LogP contribution in [0.5, 0.6) is 0 Å². The molecule has 2 aromatic heterocycles. The van der Waals surface area contributed by atoms with Crippen LogP contribution in [0.25, 0.3) is 27.7 Å². The number of fused-ring (bicyclic) bond motifs is 1. The van der Waals surface area contributed by atoms with E-state index in [2.05, 4.69) is 5.10 Å². The number of aromatic nitrogens is 3. The largest absolute Gasteiger partial charge is 0.416 e. The van der Waals surface area contributed by atoms with Gasteiger partial charge in [0.05, 0.1) is 30.4 Å². The molecule has 0 spiro atoms. The van der Waals surface area contributed by atoms with Crippen LogP contribution in [0.3, 0.4) is 0 Å². The van der Waals surface area contributed by atoms with Gasteiger partial charge in [0.15, 0.2) is 0 Å². The maximum absolute atomic E-state index is 12.7. The molecule has 0 N–H and O–H groups in total. The van der Waals surface area contributed by atoms with E-state index < -0.39 is 11.7 Å². The second kappa shape index (κ2) is 6.84. The van der Waals surface area contributed by atoms with Crippen LogP contribution in [0.2, 0.25) is 0 Å². The van der Waals surface area contributed by atoms with E-state index in [4.69, 9.17) is 4.74 Å². The van der Waals surface area contributed by atoms with E-state index in [-0.39, 0.29) is 11.7 Å². The summed E-state index contributed by atoms with van der Waals surface area (Å²) in [5, 5.41) is 5.29. The maximum Gasteiger partial charge on any atom is 0.416 e. The van der Waals surface area contributed by atoms with Crippen molar-refractivity contribution in [3.05, 3.63) is 82.9 Å². The molecule has 4 aromatic rings. The standard InChI is InChI=1S/C22H16F3N3O2/c23-22(24,25)17-3-1-14(2-4-17)15-7-8-27(21(29)10-15)18-5-6-20-16(9-18)11-26-28(20)12-19-13-30-19/h1-11,19H,12-13H2/t19-/m1/s1. The van der Waals surface area contributed by atoms with Crippen molar-refractivity contribution in [2.24, 2.45) is 0 Å². The molecule has 1 atom stereocenters. The van der Waals surface area contributed by atoms with E-state index in [1.54, 1.807) is 18.5 Å². The minimum Gasteiger partial charge on any atom is -0.371 e. The first kappa shape index (κ1) is 18.6. The lowest BCUT2D eigenvalue weighted by Crippen LogP contribution is -2.16. The van der Waals surface area contributed by atoms with Crippen LogP contribution >= 0.6 is 0 Å². The van der Waals surface area contributed by atoms with Crippen molar-refractivity contribution >= 4 is 10.9 Å². The highest BCUT2D eigenvalue weighted by Gasteiger charge is 2.30. The Hall–Kier alpha value is -3.39. The van der Waals surface area contributed by atoms with Crippen LogP contribution in [-0.2, 0) is 17.5 Å². The SMILES string of the molecule is O=c1cc(-c2ccc(C(F)(F)F)cc2)ccn1-c1ccc2c(cnn2C[C@@H]2CO2)c1. The fourth-order valence-electron chi connectivity index (χ4n) is 3.46. The zero-order chi connectivity index (χ0) is 20.9. The lowest BCUT2D eigenvalue weighted by atomic mass is 10.0. The molecule has 1 fully saturated rings. The first-order valence-corrected chi connectivity index (χ1v) is 9.36. The molecule has 5 rings (SSSR count). The Labute approximate surface area is 168 Å². The first-order chi connectivity index (χ1) is 14.4. The Morgan fingerprint density at radius 1 is 1.03 bits per heavy atom. The molecule has 152 valence electrons. The Kier molecular flexibility index (Phi) is 4.25. The minimum atomic E-state index is -4.39. The van der Waals surface area contributed by atoms with Gasteiger partial charge in [-0.15, -0.1) is 0 Å². The molecule has 0 bridgehead atoms. The molecule has 0 saturated carbocycles. The number of pyridine rings is 1. The highest BCUT2D eigenvalue weighted by Crippen LogP contribution is 2.30. The van der Waals surface area contributed by atoms with Gasteiger partial charge in [0.1, 0.15) is 6.10 Å². The molecule has 3 heterocycles. The number of rotatable bonds is 4. The van der Waals surface area contributed by atoms with Crippen molar-refractivity contribution in [3.63, 3.8) is 0 Å². The molecule has 0 unspecified atom stereocenters. The number of ether oxygens (including phenoxy) is 1. The van der Waals surface area contributed by atoms with Gasteiger partial charge in [0.25, 0.3) is 5.56 Å². The monoisotopic (exact) mass is 411 g/mol. The molecule has 30 heavy (non-hydrogen) atoms. The van der Waals surface area contributed by atoms with Crippen LogP contribution in [0, 0.1) is 0 Å². The molecular formula is C22H16F3N3O2. The van der Waals surface area contributed by atoms with Crippen LogP contribution in [-0.4, -0.2) is 27.1 Å². The van der Waals surface area contributed by atoms with Crippen molar-refractivity contribution in [2.45, 2.75) is 18.8 Å². The zero-order valence-corrected chi connectivity index (χ0v) is 15.6. The molecule has 8 heteroatoms. The lowest BCUT2D eigenvalue weighted by molar-refractivity contribution is -0.137. The third-order valence-corrected chi connectivity index (χ3v) is 5.15. The summed E-state index contributed by atoms with van der Waals surface area (Å²) in [6.45, 7) is 1.45. The molecule has 1 aliphatic heterocycles. The Balaban J connectivity index is 1.45. The van der Waals surface area contributed by atoms with E-state index >= 15 is 0 Å². The molecule has 0 amide bonds. The van der Waals surface area contributed by atoms with E-state index in [1.807, 2.05) is 22.9 Å². The smallest absolute Gasteiger partial charge is 0.371 e. The summed E-state index contributed by atoms with van der Waals surface area (Å²) >= 11 is 0. The quantitative estimate of drug-likeness (QED) is 0.471. The summed E-state index contributed by atoms with van der Waals surface area (Å²) in [6.07, 6.45) is -0.796. The molecule has 0 aliphatic carbocycles. The normalized spacial score (nSPS) is 16.2. The Morgan fingerprint density at radius 3 is 2.47 bits per heavy atom. The van der Waals surface area contributed by atoms with Gasteiger partial charge >= 0.3 is 6.18 Å². The number of hydrogen-bond donors (Lipinski definition) is 0. The molecule has 2 aromatic carbocycles. The predicted molar refractivity (Wildman–Crippen MR) is 106 cm³/mol. The van der Waals surface area contributed by atoms with Gasteiger partial charge in [-0.25, -0.2) is 0 Å². The van der Waals surface area contributed by atoms with E-state index in [0.717, 1.165) is 29.6 Å². The lowest BCUT2D eigenvalue weighted by Gasteiger charge is -2.10. The average Bonchev–Trinajstić information content (AvgIpc) is 3.46. The third-order valence-electron chi connectivity index (χ3n) is 5.15. The number of epoxide rings is 1. The van der Waals surface area contributed by atoms with Gasteiger partial charge in [-0.2, -0.15) is 18.3 Å². The summed E-state index contributed by atoms with van der Waals surface area (Å²) < 4.78 is 46.8. The number of nitrogens with zero attached hydrogens (tertiary/aromatic N) is 3. The molecular weight excluding hydrogens is 395 g/mol. The summed E-state index contributed by atoms with van der Waals surface area (Å²) in [7, 11) is 0. The van der Waals surface area contributed by atoms with Crippen LogP contribution in [0.15, 0.2) is 71.8 Å². The van der Waals surface area contributed by atoms with E-state index in [9.17, 15) is 18.0 Å². The fourth-order valence-corrected chi connectivity index (χ4v) is 3.46. The molecule has 1 saturated heterocycles. The minimum absolute atomic E-state index is 0.216. The summed E-state index contributed by atoms with van der Waals surface area (Å²) in [5.41, 5.74) is 1.76. The van der Waals surface area contributed by atoms with E-state index in [0.29, 0.717) is 23.4 Å². The maximum atomic E-state index is 12.7. The van der Waals surface area contributed by atoms with Crippen molar-refractivity contribution < 1.29 is 17.9 Å². The predicted octanol–water partition coefficient (Wildman–Crippen LogP) is 4.27. The van der Waals surface area contributed by atoms with Crippen molar-refractivity contribution in [2.75, 3.05) is 6.61 Å². The van der Waals surface area contributed by atoms with Gasteiger partial charge in [-0.1, -0.05) is 12.1 Å². The average molecular weight is 411 g/mol. The molecule has 1 aliphatic rings. The Bertz CT molecular complexity index is 1290. The van der Waals surface area contributed by atoms with E-state index in [1.165, 1.54) is 22.8 Å². The van der Waals surface area contributed by atoms with Gasteiger partial charge in [-0.05, 0) is 47.5 Å². The second-order valence-corrected chi connectivity index (χ2v) is 7.22. The number of alkyl halides is 3. The van der Waals surface area contributed by atoms with Crippen molar-refractivity contribution in [1.29, 1.82) is 0 Å². The van der Waals surface area contributed by atoms with Gasteiger partial charge < -0.3 is 4.74 Å². The number of halogens is 3. The highest BCUT2D eigenvalue weighted by molar-refractivity contribution is 5.81. The summed E-state index contributed by atoms with van der Waals surface area (Å²) in [4.78, 5) is 12.7. The fraction of sp³-hybridized carbons (Fsp3) is 0.182. The highest BCUT2D eigenvalue weighted by atomic mass is 19.4. The van der Waals surface area contributed by atoms with Crippen molar-refractivity contribution in [1.82, 2.24) is 14.3 Å². The topological polar surface area (TPSA) is 52.4 Å². The van der Waals surface area contributed by atoms with Crippen LogP contribution < -0.4 is 5.56 Å². The van der Waals surface area contributed by atoms with Gasteiger partial charge in [-0.3, -0.25) is 14.0 Å². The summed E-state index contributed by atoms with van der Waals surface area (Å²) in [6, 6.07) is 13.5. The zero-order valence-electron chi connectivity index (χ0n) is 15.6.